The van der Waals surface area contributed by atoms with Crippen LogP contribution in [0.25, 0.3) is 0 Å². The molecule has 0 spiro atoms. The molecule has 2 aromatic carbocycles. The molecule has 0 saturated carbocycles. The molecule has 2 aromatic rings. The Kier molecular flexibility index (Phi) is 3.42. The normalized spacial score (nSPS) is 19.6. The van der Waals surface area contributed by atoms with Crippen LogP contribution in [0.4, 0.5) is 10.1 Å². The quantitative estimate of drug-likeness (QED) is 0.779. The molecule has 0 N–H and O–H groups in total. The Morgan fingerprint density at radius 1 is 1.17 bits per heavy atom. The summed E-state index contributed by atoms with van der Waals surface area (Å²) in [4.78, 5) is 11.4. The maximum atomic E-state index is 14.3. The largest absolute Gasteiger partial charge is 0.323 e. The minimum Gasteiger partial charge on any atom is -0.323 e. The fourth-order valence-corrected chi connectivity index (χ4v) is 3.42. The molecule has 0 aliphatic carbocycles. The van der Waals surface area contributed by atoms with Crippen molar-refractivity contribution in [3.05, 3.63) is 64.4 Å². The van der Waals surface area contributed by atoms with Gasteiger partial charge in [-0.2, -0.15) is 0 Å². The van der Waals surface area contributed by atoms with Gasteiger partial charge in [0, 0.05) is 16.1 Å². The number of benzene rings is 2. The molecule has 0 aromatic heterocycles. The summed E-state index contributed by atoms with van der Waals surface area (Å²) in [6.07, 6.45) is 0. The second kappa shape index (κ2) is 5.46. The first-order valence-electron chi connectivity index (χ1n) is 7.54. The predicted molar refractivity (Wildman–Crippen MR) is 92.6 cm³/mol. The van der Waals surface area contributed by atoms with E-state index in [0.29, 0.717) is 29.4 Å². The number of hydrogen-bond donors (Lipinski definition) is 0. The van der Waals surface area contributed by atoms with Crippen molar-refractivity contribution < 1.29 is 4.39 Å². The molecule has 5 heteroatoms. The van der Waals surface area contributed by atoms with Crippen molar-refractivity contribution in [2.75, 3.05) is 18.0 Å². The van der Waals surface area contributed by atoms with Gasteiger partial charge < -0.3 is 4.90 Å². The summed E-state index contributed by atoms with van der Waals surface area (Å²) in [6, 6.07) is 12.6. The highest BCUT2D eigenvalue weighted by molar-refractivity contribution is 6.31. The van der Waals surface area contributed by atoms with E-state index in [0.717, 1.165) is 17.1 Å². The van der Waals surface area contributed by atoms with Gasteiger partial charge in [0.25, 0.3) is 0 Å². The Hall–Kier alpha value is -2.20. The van der Waals surface area contributed by atoms with Crippen molar-refractivity contribution >= 4 is 28.8 Å². The number of nitrogens with zero attached hydrogens (tertiary/aromatic N) is 3. The molecule has 0 saturated heterocycles. The highest BCUT2D eigenvalue weighted by atomic mass is 35.5. The van der Waals surface area contributed by atoms with E-state index in [2.05, 4.69) is 9.89 Å². The third-order valence-electron chi connectivity index (χ3n) is 4.31. The lowest BCUT2D eigenvalue weighted by Crippen LogP contribution is -2.37. The van der Waals surface area contributed by atoms with Gasteiger partial charge in [-0.15, -0.1) is 0 Å². The second-order valence-electron chi connectivity index (χ2n) is 5.74. The van der Waals surface area contributed by atoms with Gasteiger partial charge in [-0.3, -0.25) is 9.98 Å². The van der Waals surface area contributed by atoms with Gasteiger partial charge in [-0.25, -0.2) is 4.39 Å². The highest BCUT2D eigenvalue weighted by Gasteiger charge is 2.32. The van der Waals surface area contributed by atoms with Crippen LogP contribution in [0.3, 0.4) is 0 Å². The number of halogens is 2. The molecule has 0 bridgehead atoms. The number of fused-ring (bicyclic) bond motifs is 3. The van der Waals surface area contributed by atoms with Crippen molar-refractivity contribution in [1.82, 2.24) is 0 Å². The molecule has 3 nitrogen and oxygen atoms in total. The smallest absolute Gasteiger partial charge is 0.132 e. The Labute approximate surface area is 139 Å². The maximum absolute atomic E-state index is 14.3. The first-order chi connectivity index (χ1) is 11.1. The number of rotatable bonds is 1. The summed E-state index contributed by atoms with van der Waals surface area (Å²) in [5.41, 5.74) is 2.99. The van der Waals surface area contributed by atoms with E-state index in [1.54, 1.807) is 12.1 Å². The van der Waals surface area contributed by atoms with Crippen LogP contribution in [0, 0.1) is 5.82 Å². The number of amidine groups is 1. The Bertz CT molecular complexity index is 844. The summed E-state index contributed by atoms with van der Waals surface area (Å²) in [5.74, 6) is 0.688. The first kappa shape index (κ1) is 14.4. The van der Waals surface area contributed by atoms with Crippen molar-refractivity contribution in [2.45, 2.75) is 13.0 Å². The standard InChI is InChI=1S/C18H15ClFN3/c1-11-21-9-13-10-22-18(14-4-2-3-5-16(14)20)15-8-12(19)6-7-17(15)23(11)13/h2-8,13H,9-10H2,1H3/i11+2. The zero-order chi connectivity index (χ0) is 16.0. The molecule has 2 aliphatic heterocycles. The number of aliphatic imine (C=N–C) groups is 2. The molecular formula is C18H15ClFN3. The monoisotopic (exact) mass is 329 g/mol. The summed E-state index contributed by atoms with van der Waals surface area (Å²) in [6.45, 7) is 3.28. The SMILES string of the molecule is C[14C]1=NCC2CN=C(c3ccccc3F)c3cc(Cl)ccc3N21. The number of hydrogen-bond acceptors (Lipinski definition) is 3. The maximum Gasteiger partial charge on any atom is 0.132 e. The van der Waals surface area contributed by atoms with Gasteiger partial charge in [-0.05, 0) is 37.3 Å². The van der Waals surface area contributed by atoms with E-state index in [1.165, 1.54) is 6.07 Å². The molecule has 0 amide bonds. The van der Waals surface area contributed by atoms with Gasteiger partial charge in [0.2, 0.25) is 0 Å². The topological polar surface area (TPSA) is 28.0 Å². The molecule has 23 heavy (non-hydrogen) atoms. The van der Waals surface area contributed by atoms with Crippen LogP contribution in [0.5, 0.6) is 0 Å². The molecule has 2 heterocycles. The third kappa shape index (κ3) is 2.34. The zero-order valence-electron chi connectivity index (χ0n) is 12.6. The zero-order valence-corrected chi connectivity index (χ0v) is 13.4. The van der Waals surface area contributed by atoms with Gasteiger partial charge in [0.1, 0.15) is 11.7 Å². The predicted octanol–water partition coefficient (Wildman–Crippen LogP) is 3.94. The van der Waals surface area contributed by atoms with Crippen LogP contribution < -0.4 is 4.90 Å². The lowest BCUT2D eigenvalue weighted by Gasteiger charge is -2.26. The molecule has 116 valence electrons. The van der Waals surface area contributed by atoms with Crippen molar-refractivity contribution in [2.24, 2.45) is 9.98 Å². The van der Waals surface area contributed by atoms with Crippen molar-refractivity contribution in [1.29, 1.82) is 0 Å². The lowest BCUT2D eigenvalue weighted by atomic mass is 10.00. The van der Waals surface area contributed by atoms with Crippen LogP contribution in [0.15, 0.2) is 52.4 Å². The summed E-state index contributed by atoms with van der Waals surface area (Å²) >= 11 is 6.20. The first-order valence-corrected chi connectivity index (χ1v) is 7.92. The molecule has 0 radical (unpaired) electrons. The minimum absolute atomic E-state index is 0.180. The molecular weight excluding hydrogens is 315 g/mol. The number of anilines is 1. The van der Waals surface area contributed by atoms with Gasteiger partial charge in [0.15, 0.2) is 0 Å². The Morgan fingerprint density at radius 2 is 2.00 bits per heavy atom. The van der Waals surface area contributed by atoms with Crippen LogP contribution >= 0.6 is 11.6 Å². The van der Waals surface area contributed by atoms with Crippen LogP contribution in [-0.4, -0.2) is 30.7 Å². The molecule has 0 fully saturated rings. The summed E-state index contributed by atoms with van der Waals surface area (Å²) in [7, 11) is 0. The van der Waals surface area contributed by atoms with Crippen molar-refractivity contribution in [3.8, 4) is 0 Å². The van der Waals surface area contributed by atoms with Gasteiger partial charge >= 0.3 is 0 Å². The van der Waals surface area contributed by atoms with Gasteiger partial charge in [-0.1, -0.05) is 23.7 Å². The van der Waals surface area contributed by atoms with E-state index < -0.39 is 0 Å². The highest BCUT2D eigenvalue weighted by Crippen LogP contribution is 2.33. The van der Waals surface area contributed by atoms with E-state index in [4.69, 9.17) is 16.6 Å². The van der Waals surface area contributed by atoms with Gasteiger partial charge in [0.05, 0.1) is 30.5 Å². The molecule has 1 unspecified atom stereocenters. The fourth-order valence-electron chi connectivity index (χ4n) is 3.24. The molecule has 1 atom stereocenters. The average molecular weight is 330 g/mol. The molecule has 2 aliphatic rings. The average Bonchev–Trinajstić information content (AvgIpc) is 2.82. The lowest BCUT2D eigenvalue weighted by molar-refractivity contribution is 0.625. The second-order valence-corrected chi connectivity index (χ2v) is 6.18. The van der Waals surface area contributed by atoms with E-state index in [9.17, 15) is 4.39 Å². The fraction of sp³-hybridized carbons (Fsp3) is 0.222. The van der Waals surface area contributed by atoms with E-state index >= 15 is 0 Å². The Balaban J connectivity index is 1.95. The summed E-state index contributed by atoms with van der Waals surface area (Å²) < 4.78 is 14.3. The van der Waals surface area contributed by atoms with Crippen molar-refractivity contribution in [3.63, 3.8) is 0 Å². The Morgan fingerprint density at radius 3 is 2.83 bits per heavy atom. The molecule has 4 rings (SSSR count). The van der Waals surface area contributed by atoms with Crippen LogP contribution in [0.2, 0.25) is 5.02 Å². The van der Waals surface area contributed by atoms with E-state index in [1.807, 2.05) is 31.2 Å². The third-order valence-corrected chi connectivity index (χ3v) is 4.54. The van der Waals surface area contributed by atoms with E-state index in [-0.39, 0.29) is 11.9 Å². The van der Waals surface area contributed by atoms with Crippen LogP contribution in [-0.2, 0) is 0 Å². The minimum atomic E-state index is -0.273. The van der Waals surface area contributed by atoms with Crippen LogP contribution in [0.1, 0.15) is 18.1 Å². The summed E-state index contributed by atoms with van der Waals surface area (Å²) in [5, 5.41) is 0.611.